The van der Waals surface area contributed by atoms with E-state index < -0.39 is 0 Å². The number of hydrogen-bond acceptors (Lipinski definition) is 3. The van der Waals surface area contributed by atoms with Gasteiger partial charge in [-0.05, 0) is 48.9 Å². The number of hydrogen-bond donors (Lipinski definition) is 1. The van der Waals surface area contributed by atoms with E-state index in [9.17, 15) is 9.18 Å². The molecule has 1 aromatic carbocycles. The fraction of sp³-hybridized carbons (Fsp3) is 0.400. The number of nitrogens with one attached hydrogen (secondary N) is 1. The van der Waals surface area contributed by atoms with Crippen LogP contribution < -0.4 is 5.32 Å². The quantitative estimate of drug-likeness (QED) is 0.901. The molecule has 1 N–H and O–H groups in total. The summed E-state index contributed by atoms with van der Waals surface area (Å²) >= 11 is 0. The maximum absolute atomic E-state index is 13.6. The highest BCUT2D eigenvalue weighted by atomic mass is 19.1. The average Bonchev–Trinajstić information content (AvgIpc) is 2.63. The van der Waals surface area contributed by atoms with Crippen molar-refractivity contribution < 1.29 is 9.18 Å². The molecule has 2 aromatic rings. The molecular formula is C20H24FN3O. The highest BCUT2D eigenvalue weighted by molar-refractivity contribution is 5.92. The van der Waals surface area contributed by atoms with Crippen LogP contribution in [0.25, 0.3) is 0 Å². The van der Waals surface area contributed by atoms with Crippen LogP contribution >= 0.6 is 0 Å². The third-order valence-corrected chi connectivity index (χ3v) is 4.61. The fourth-order valence-corrected chi connectivity index (χ4v) is 3.20. The van der Waals surface area contributed by atoms with Gasteiger partial charge in [0.25, 0.3) is 5.91 Å². The lowest BCUT2D eigenvalue weighted by atomic mass is 10.00. The SMILES string of the molecule is CC1CCCN(C(=O)c2ccc(NCCc3ccccc3F)cn2)C1. The molecule has 1 amide bonds. The van der Waals surface area contributed by atoms with Crippen LogP contribution in [0.1, 0.15) is 35.8 Å². The van der Waals surface area contributed by atoms with Gasteiger partial charge in [0.15, 0.2) is 0 Å². The van der Waals surface area contributed by atoms with Crippen LogP contribution in [0.15, 0.2) is 42.6 Å². The normalized spacial score (nSPS) is 17.4. The first-order valence-corrected chi connectivity index (χ1v) is 8.86. The first-order chi connectivity index (χ1) is 12.1. The Bertz CT molecular complexity index is 717. The summed E-state index contributed by atoms with van der Waals surface area (Å²) in [5, 5.41) is 3.22. The number of rotatable bonds is 5. The summed E-state index contributed by atoms with van der Waals surface area (Å²) in [6.45, 7) is 4.41. The molecule has 0 saturated carbocycles. The van der Waals surface area contributed by atoms with Gasteiger partial charge in [0, 0.05) is 19.6 Å². The van der Waals surface area contributed by atoms with Crippen molar-refractivity contribution in [3.05, 3.63) is 59.7 Å². The second-order valence-corrected chi connectivity index (χ2v) is 6.70. The lowest BCUT2D eigenvalue weighted by Gasteiger charge is -2.30. The van der Waals surface area contributed by atoms with E-state index >= 15 is 0 Å². The van der Waals surface area contributed by atoms with E-state index in [-0.39, 0.29) is 11.7 Å². The number of halogens is 1. The van der Waals surface area contributed by atoms with Crippen LogP contribution in [-0.2, 0) is 6.42 Å². The van der Waals surface area contributed by atoms with Crippen molar-refractivity contribution in [2.24, 2.45) is 5.92 Å². The molecular weight excluding hydrogens is 317 g/mol. The molecule has 1 aliphatic rings. The summed E-state index contributed by atoms with van der Waals surface area (Å²) in [4.78, 5) is 18.7. The van der Waals surface area contributed by atoms with Crippen molar-refractivity contribution >= 4 is 11.6 Å². The number of aromatic nitrogens is 1. The molecule has 1 atom stereocenters. The predicted molar refractivity (Wildman–Crippen MR) is 97.1 cm³/mol. The Morgan fingerprint density at radius 3 is 2.88 bits per heavy atom. The minimum absolute atomic E-state index is 0.00413. The molecule has 5 heteroatoms. The minimum Gasteiger partial charge on any atom is -0.383 e. The number of carbonyl (C=O) groups is 1. The van der Waals surface area contributed by atoms with Gasteiger partial charge in [0.2, 0.25) is 0 Å². The van der Waals surface area contributed by atoms with Crippen molar-refractivity contribution in [3.63, 3.8) is 0 Å². The highest BCUT2D eigenvalue weighted by Gasteiger charge is 2.22. The zero-order chi connectivity index (χ0) is 17.6. The van der Waals surface area contributed by atoms with Crippen LogP contribution in [0.5, 0.6) is 0 Å². The molecule has 0 aliphatic carbocycles. The lowest BCUT2D eigenvalue weighted by Crippen LogP contribution is -2.39. The Balaban J connectivity index is 1.53. The van der Waals surface area contributed by atoms with Gasteiger partial charge in [0.05, 0.1) is 11.9 Å². The fourth-order valence-electron chi connectivity index (χ4n) is 3.20. The first-order valence-electron chi connectivity index (χ1n) is 8.86. The van der Waals surface area contributed by atoms with Crippen molar-refractivity contribution in [3.8, 4) is 0 Å². The first kappa shape index (κ1) is 17.4. The number of nitrogens with zero attached hydrogens (tertiary/aromatic N) is 2. The van der Waals surface area contributed by atoms with E-state index in [1.165, 1.54) is 12.5 Å². The van der Waals surface area contributed by atoms with Gasteiger partial charge in [-0.15, -0.1) is 0 Å². The van der Waals surface area contributed by atoms with Crippen LogP contribution in [0.3, 0.4) is 0 Å². The molecule has 3 rings (SSSR count). The summed E-state index contributed by atoms with van der Waals surface area (Å²) in [5.74, 6) is 0.376. The van der Waals surface area contributed by atoms with Gasteiger partial charge in [-0.1, -0.05) is 25.1 Å². The van der Waals surface area contributed by atoms with E-state index in [1.54, 1.807) is 24.4 Å². The molecule has 1 saturated heterocycles. The monoisotopic (exact) mass is 341 g/mol. The molecule has 2 heterocycles. The number of carbonyl (C=O) groups excluding carboxylic acids is 1. The van der Waals surface area contributed by atoms with Gasteiger partial charge in [0.1, 0.15) is 11.5 Å². The maximum atomic E-state index is 13.6. The number of anilines is 1. The van der Waals surface area contributed by atoms with E-state index in [0.29, 0.717) is 30.1 Å². The Labute approximate surface area is 148 Å². The molecule has 0 radical (unpaired) electrons. The predicted octanol–water partition coefficient (Wildman–Crippen LogP) is 3.75. The van der Waals surface area contributed by atoms with Crippen molar-refractivity contribution in [1.29, 1.82) is 0 Å². The van der Waals surface area contributed by atoms with Gasteiger partial charge >= 0.3 is 0 Å². The summed E-state index contributed by atoms with van der Waals surface area (Å²) in [5.41, 5.74) is 2.00. The number of amides is 1. The van der Waals surface area contributed by atoms with E-state index in [1.807, 2.05) is 17.0 Å². The smallest absolute Gasteiger partial charge is 0.272 e. The number of piperidine rings is 1. The van der Waals surface area contributed by atoms with E-state index in [2.05, 4.69) is 17.2 Å². The summed E-state index contributed by atoms with van der Waals surface area (Å²) in [7, 11) is 0. The molecule has 132 valence electrons. The zero-order valence-corrected chi connectivity index (χ0v) is 14.5. The molecule has 25 heavy (non-hydrogen) atoms. The summed E-state index contributed by atoms with van der Waals surface area (Å²) < 4.78 is 13.6. The second-order valence-electron chi connectivity index (χ2n) is 6.70. The standard InChI is InChI=1S/C20H24FN3O/c1-15-5-4-12-24(14-15)20(25)19-9-8-17(13-23-19)22-11-10-16-6-2-3-7-18(16)21/h2-3,6-9,13,15,22H,4-5,10-12,14H2,1H3. The van der Waals surface area contributed by atoms with Crippen LogP contribution in [0.4, 0.5) is 10.1 Å². The Morgan fingerprint density at radius 1 is 1.32 bits per heavy atom. The number of benzene rings is 1. The van der Waals surface area contributed by atoms with E-state index in [0.717, 1.165) is 25.2 Å². The minimum atomic E-state index is -0.181. The lowest BCUT2D eigenvalue weighted by molar-refractivity contribution is 0.0677. The molecule has 4 nitrogen and oxygen atoms in total. The van der Waals surface area contributed by atoms with Crippen LogP contribution in [0.2, 0.25) is 0 Å². The van der Waals surface area contributed by atoms with E-state index in [4.69, 9.17) is 0 Å². The molecule has 1 unspecified atom stereocenters. The molecule has 0 spiro atoms. The van der Waals surface area contributed by atoms with Crippen molar-refractivity contribution in [2.45, 2.75) is 26.2 Å². The number of likely N-dealkylation sites (tertiary alicyclic amines) is 1. The Hall–Kier alpha value is -2.43. The zero-order valence-electron chi connectivity index (χ0n) is 14.5. The summed E-state index contributed by atoms with van der Waals surface area (Å²) in [6, 6.07) is 10.4. The second kappa shape index (κ2) is 8.10. The van der Waals surface area contributed by atoms with Crippen molar-refractivity contribution in [2.75, 3.05) is 25.0 Å². The van der Waals surface area contributed by atoms with Gasteiger partial charge < -0.3 is 10.2 Å². The molecule has 1 fully saturated rings. The van der Waals surface area contributed by atoms with Gasteiger partial charge in [-0.25, -0.2) is 9.37 Å². The summed E-state index contributed by atoms with van der Waals surface area (Å²) in [6.07, 6.45) is 4.51. The van der Waals surface area contributed by atoms with Crippen molar-refractivity contribution in [1.82, 2.24) is 9.88 Å². The highest BCUT2D eigenvalue weighted by Crippen LogP contribution is 2.18. The average molecular weight is 341 g/mol. The van der Waals surface area contributed by atoms with Gasteiger partial charge in [-0.2, -0.15) is 0 Å². The third kappa shape index (κ3) is 4.56. The molecule has 1 aromatic heterocycles. The van der Waals surface area contributed by atoms with Gasteiger partial charge in [-0.3, -0.25) is 4.79 Å². The van der Waals surface area contributed by atoms with Crippen LogP contribution in [-0.4, -0.2) is 35.4 Å². The number of pyridine rings is 1. The maximum Gasteiger partial charge on any atom is 0.272 e. The molecule has 1 aliphatic heterocycles. The Morgan fingerprint density at radius 2 is 2.16 bits per heavy atom. The molecule has 0 bridgehead atoms. The Kier molecular flexibility index (Phi) is 5.64. The topological polar surface area (TPSA) is 45.2 Å². The third-order valence-electron chi connectivity index (χ3n) is 4.61. The largest absolute Gasteiger partial charge is 0.383 e. The van der Waals surface area contributed by atoms with Crippen LogP contribution in [0, 0.1) is 11.7 Å².